The quantitative estimate of drug-likeness (QED) is 0.831. The number of benzene rings is 2. The van der Waals surface area contributed by atoms with Crippen LogP contribution in [0.4, 0.5) is 0 Å². The fourth-order valence-corrected chi connectivity index (χ4v) is 7.79. The maximum Gasteiger partial charge on any atom is 0.0775 e. The van der Waals surface area contributed by atoms with E-state index in [0.717, 1.165) is 18.1 Å². The second-order valence-electron chi connectivity index (χ2n) is 7.75. The van der Waals surface area contributed by atoms with E-state index < -0.39 is 10.0 Å². The maximum atomic E-state index is 11.1. The molecule has 1 aliphatic carbocycles. The number of hydrogen-bond donors (Lipinski definition) is 2. The van der Waals surface area contributed by atoms with Crippen LogP contribution < -0.4 is 5.32 Å². The third-order valence-corrected chi connectivity index (χ3v) is 9.77. The van der Waals surface area contributed by atoms with Crippen molar-refractivity contribution in [2.24, 2.45) is 5.92 Å². The summed E-state index contributed by atoms with van der Waals surface area (Å²) in [6.45, 7) is 0. The molecule has 2 aliphatic rings. The average Bonchev–Trinajstić information content (AvgIpc) is 3.25. The molecule has 1 heterocycles. The van der Waals surface area contributed by atoms with Gasteiger partial charge in [0.05, 0.1) is 6.10 Å². The first-order valence-corrected chi connectivity index (χ1v) is 11.7. The summed E-state index contributed by atoms with van der Waals surface area (Å²) in [5.41, 5.74) is 0. The van der Waals surface area contributed by atoms with E-state index >= 15 is 0 Å². The molecule has 2 nitrogen and oxygen atoms in total. The van der Waals surface area contributed by atoms with Crippen molar-refractivity contribution in [2.75, 3.05) is 12.0 Å². The summed E-state index contributed by atoms with van der Waals surface area (Å²) in [6, 6.07) is 22.4. The summed E-state index contributed by atoms with van der Waals surface area (Å²) in [7, 11) is -1.25. The van der Waals surface area contributed by atoms with Crippen molar-refractivity contribution >= 4 is 10.0 Å². The van der Waals surface area contributed by atoms with Crippen molar-refractivity contribution in [3.63, 3.8) is 0 Å². The molecule has 4 rings (SSSR count). The average molecular weight is 356 g/mol. The number of nitrogens with one attached hydrogen (secondary N) is 1. The monoisotopic (exact) mass is 355 g/mol. The van der Waals surface area contributed by atoms with Crippen LogP contribution in [-0.2, 0) is 0 Å². The van der Waals surface area contributed by atoms with Gasteiger partial charge in [0.2, 0.25) is 0 Å². The highest BCUT2D eigenvalue weighted by molar-refractivity contribution is 8.33. The second kappa shape index (κ2) is 7.14. The van der Waals surface area contributed by atoms with Crippen molar-refractivity contribution in [2.45, 2.75) is 53.7 Å². The first-order valence-electron chi connectivity index (χ1n) is 9.47. The number of hydrogen-bond acceptors (Lipinski definition) is 2. The number of aliphatic hydroxyl groups excluding tert-OH is 1. The van der Waals surface area contributed by atoms with Crippen LogP contribution in [0.3, 0.4) is 0 Å². The van der Waals surface area contributed by atoms with Gasteiger partial charge in [-0.25, -0.2) is 0 Å². The van der Waals surface area contributed by atoms with E-state index in [2.05, 4.69) is 72.2 Å². The lowest BCUT2D eigenvalue weighted by molar-refractivity contribution is 0.153. The Morgan fingerprint density at radius 2 is 1.60 bits per heavy atom. The molecule has 25 heavy (non-hydrogen) atoms. The van der Waals surface area contributed by atoms with Gasteiger partial charge in [-0.15, -0.1) is 0 Å². The Labute approximate surface area is 153 Å². The predicted octanol–water partition coefficient (Wildman–Crippen LogP) is 4.43. The van der Waals surface area contributed by atoms with Crippen LogP contribution in [0, 0.1) is 5.92 Å². The minimum Gasteiger partial charge on any atom is -0.391 e. The molecule has 2 aromatic carbocycles. The topological polar surface area (TPSA) is 32.3 Å². The van der Waals surface area contributed by atoms with Gasteiger partial charge in [-0.3, -0.25) is 0 Å². The van der Waals surface area contributed by atoms with Crippen LogP contribution in [0.15, 0.2) is 70.5 Å². The van der Waals surface area contributed by atoms with E-state index in [4.69, 9.17) is 0 Å². The summed E-state index contributed by atoms with van der Waals surface area (Å²) in [6.07, 6.45) is 7.19. The van der Waals surface area contributed by atoms with Crippen molar-refractivity contribution in [3.05, 3.63) is 60.7 Å². The molecule has 0 unspecified atom stereocenters. The SMILES string of the molecule is CS(C[C@@H](O)[C@@H]1C[C@@H]2CCC[C@@H]2N1)(c1ccccc1)c1ccccc1. The third-order valence-electron chi connectivity index (χ3n) is 6.14. The summed E-state index contributed by atoms with van der Waals surface area (Å²) >= 11 is 0. The van der Waals surface area contributed by atoms with Crippen LogP contribution in [0.2, 0.25) is 0 Å². The molecule has 3 heteroatoms. The molecular formula is C22H29NOS. The standard InChI is InChI=1S/C22H29NOS/c1-25(18-10-4-2-5-11-18,19-12-6-3-7-13-19)16-22(24)21-15-17-9-8-14-20(17)23-21/h2-7,10-13,17,20-24H,8-9,14-16H2,1H3/t17-,20-,21-,22+/m0/s1. The highest BCUT2D eigenvalue weighted by Crippen LogP contribution is 2.60. The van der Waals surface area contributed by atoms with E-state index in [9.17, 15) is 5.11 Å². The molecule has 134 valence electrons. The first kappa shape index (κ1) is 17.1. The first-order chi connectivity index (χ1) is 12.2. The van der Waals surface area contributed by atoms with Gasteiger partial charge in [-0.2, -0.15) is 10.0 Å². The zero-order valence-electron chi connectivity index (χ0n) is 15.0. The highest BCUT2D eigenvalue weighted by Gasteiger charge is 2.41. The van der Waals surface area contributed by atoms with E-state index in [0.29, 0.717) is 6.04 Å². The molecule has 0 aromatic heterocycles. The molecule has 1 aliphatic heterocycles. The lowest BCUT2D eigenvalue weighted by Gasteiger charge is -2.40. The smallest absolute Gasteiger partial charge is 0.0775 e. The van der Waals surface area contributed by atoms with Crippen molar-refractivity contribution in [1.82, 2.24) is 5.32 Å². The van der Waals surface area contributed by atoms with Crippen LogP contribution in [0.5, 0.6) is 0 Å². The van der Waals surface area contributed by atoms with E-state index in [-0.39, 0.29) is 12.1 Å². The lowest BCUT2D eigenvalue weighted by Crippen LogP contribution is -2.41. The Bertz CT molecular complexity index is 638. The van der Waals surface area contributed by atoms with Gasteiger partial charge in [0, 0.05) is 17.8 Å². The van der Waals surface area contributed by atoms with Gasteiger partial charge in [0.15, 0.2) is 0 Å². The molecule has 2 N–H and O–H groups in total. The summed E-state index contributed by atoms with van der Waals surface area (Å²) in [5.74, 6) is 1.62. The zero-order chi connectivity index (χ0) is 17.3. The summed E-state index contributed by atoms with van der Waals surface area (Å²) in [5, 5.41) is 14.9. The largest absolute Gasteiger partial charge is 0.391 e. The van der Waals surface area contributed by atoms with E-state index in [1.165, 1.54) is 29.1 Å². The van der Waals surface area contributed by atoms with Gasteiger partial charge < -0.3 is 10.4 Å². The normalized spacial score (nSPS) is 27.8. The van der Waals surface area contributed by atoms with E-state index in [1.807, 2.05) is 0 Å². The molecule has 0 bridgehead atoms. The zero-order valence-corrected chi connectivity index (χ0v) is 15.8. The number of aliphatic hydroxyl groups is 1. The predicted molar refractivity (Wildman–Crippen MR) is 106 cm³/mol. The fourth-order valence-electron chi connectivity index (χ4n) is 4.70. The lowest BCUT2D eigenvalue weighted by atomic mass is 10.0. The van der Waals surface area contributed by atoms with Crippen LogP contribution in [0.1, 0.15) is 25.7 Å². The van der Waals surface area contributed by atoms with Gasteiger partial charge in [0.1, 0.15) is 0 Å². The van der Waals surface area contributed by atoms with Gasteiger partial charge in [0.25, 0.3) is 0 Å². The molecule has 0 amide bonds. The Morgan fingerprint density at radius 3 is 2.16 bits per heavy atom. The maximum absolute atomic E-state index is 11.1. The number of rotatable bonds is 5. The van der Waals surface area contributed by atoms with Gasteiger partial charge >= 0.3 is 0 Å². The van der Waals surface area contributed by atoms with Crippen LogP contribution in [-0.4, -0.2) is 35.3 Å². The van der Waals surface area contributed by atoms with Gasteiger partial charge in [-0.05, 0) is 65.5 Å². The van der Waals surface area contributed by atoms with Crippen molar-refractivity contribution in [3.8, 4) is 0 Å². The fraction of sp³-hybridized carbons (Fsp3) is 0.455. The molecule has 2 aromatic rings. The van der Waals surface area contributed by atoms with Crippen LogP contribution in [0.25, 0.3) is 0 Å². The second-order valence-corrected chi connectivity index (χ2v) is 11.2. The molecule has 4 atom stereocenters. The number of fused-ring (bicyclic) bond motifs is 1. The molecular weight excluding hydrogens is 326 g/mol. The Hall–Kier alpha value is -1.29. The Morgan fingerprint density at radius 1 is 1.00 bits per heavy atom. The Balaban J connectivity index is 1.59. The summed E-state index contributed by atoms with van der Waals surface area (Å²) < 4.78 is 0. The molecule has 1 saturated carbocycles. The van der Waals surface area contributed by atoms with Crippen molar-refractivity contribution in [1.29, 1.82) is 0 Å². The molecule has 0 radical (unpaired) electrons. The molecule has 0 spiro atoms. The third kappa shape index (κ3) is 3.38. The minimum atomic E-state index is -1.25. The summed E-state index contributed by atoms with van der Waals surface area (Å²) in [4.78, 5) is 2.72. The minimum absolute atomic E-state index is 0.259. The van der Waals surface area contributed by atoms with Gasteiger partial charge in [-0.1, -0.05) is 42.8 Å². The Kier molecular flexibility index (Phi) is 4.90. The van der Waals surface area contributed by atoms with Crippen molar-refractivity contribution < 1.29 is 5.11 Å². The molecule has 1 saturated heterocycles. The van der Waals surface area contributed by atoms with E-state index in [1.54, 1.807) is 0 Å². The molecule has 2 fully saturated rings. The highest BCUT2D eigenvalue weighted by atomic mass is 32.3. The van der Waals surface area contributed by atoms with Crippen LogP contribution >= 0.6 is 10.0 Å².